The molecule has 0 rings (SSSR count). The summed E-state index contributed by atoms with van der Waals surface area (Å²) in [6.07, 6.45) is 4.54. The van der Waals surface area contributed by atoms with Gasteiger partial charge in [-0.2, -0.15) is 0 Å². The Morgan fingerprint density at radius 3 is 2.43 bits per heavy atom. The average molecular weight is 200 g/mol. The fraction of sp³-hybridized carbons (Fsp3) is 0.917. The first kappa shape index (κ1) is 13.6. The fourth-order valence-electron chi connectivity index (χ4n) is 1.35. The minimum atomic E-state index is 0.394. The van der Waals surface area contributed by atoms with Crippen molar-refractivity contribution in [1.82, 2.24) is 0 Å². The maximum Gasteiger partial charge on any atom is 0.132 e. The van der Waals surface area contributed by atoms with E-state index in [4.69, 9.17) is 4.74 Å². The van der Waals surface area contributed by atoms with E-state index in [2.05, 4.69) is 13.8 Å². The average Bonchev–Trinajstić information content (AvgIpc) is 2.12. The molecule has 0 unspecified atom stereocenters. The third-order valence-electron chi connectivity index (χ3n) is 2.19. The molecule has 0 fully saturated rings. The first-order chi connectivity index (χ1) is 6.66. The molecule has 2 nitrogen and oxygen atoms in total. The van der Waals surface area contributed by atoms with Gasteiger partial charge in [0.1, 0.15) is 5.78 Å². The topological polar surface area (TPSA) is 26.3 Å². The van der Waals surface area contributed by atoms with Crippen LogP contribution in [-0.4, -0.2) is 19.0 Å². The predicted molar refractivity (Wildman–Crippen MR) is 59.4 cm³/mol. The molecule has 0 spiro atoms. The van der Waals surface area contributed by atoms with Gasteiger partial charge in [-0.3, -0.25) is 4.79 Å². The Hall–Kier alpha value is -0.370. The molecule has 0 aliphatic rings. The number of hydrogen-bond donors (Lipinski definition) is 0. The lowest BCUT2D eigenvalue weighted by Gasteiger charge is -2.04. The van der Waals surface area contributed by atoms with Crippen molar-refractivity contribution in [3.8, 4) is 0 Å². The molecular weight excluding hydrogens is 176 g/mol. The lowest BCUT2D eigenvalue weighted by atomic mass is 10.0. The molecule has 0 saturated carbocycles. The minimum absolute atomic E-state index is 0.394. The zero-order chi connectivity index (χ0) is 10.8. The molecule has 0 radical (unpaired) electrons. The summed E-state index contributed by atoms with van der Waals surface area (Å²) in [5.74, 6) is 1.11. The van der Waals surface area contributed by atoms with Crippen molar-refractivity contribution >= 4 is 5.78 Å². The van der Waals surface area contributed by atoms with E-state index in [1.54, 1.807) is 0 Å². The normalized spacial score (nSPS) is 10.9. The SMILES string of the molecule is CCOCCCC(=O)CCCC(C)C. The van der Waals surface area contributed by atoms with E-state index >= 15 is 0 Å². The second kappa shape index (κ2) is 9.20. The molecular formula is C12H24O2. The largest absolute Gasteiger partial charge is 0.382 e. The molecule has 14 heavy (non-hydrogen) atoms. The van der Waals surface area contributed by atoms with Crippen LogP contribution in [0.2, 0.25) is 0 Å². The van der Waals surface area contributed by atoms with Crippen LogP contribution in [0.25, 0.3) is 0 Å². The molecule has 2 heteroatoms. The summed E-state index contributed by atoms with van der Waals surface area (Å²) >= 11 is 0. The summed E-state index contributed by atoms with van der Waals surface area (Å²) in [6, 6.07) is 0. The number of hydrogen-bond acceptors (Lipinski definition) is 2. The first-order valence-corrected chi connectivity index (χ1v) is 5.76. The molecule has 84 valence electrons. The molecule has 0 amide bonds. The van der Waals surface area contributed by atoms with Crippen LogP contribution in [0.3, 0.4) is 0 Å². The second-order valence-electron chi connectivity index (χ2n) is 4.13. The maximum atomic E-state index is 11.3. The highest BCUT2D eigenvalue weighted by Gasteiger charge is 2.02. The molecule has 0 aromatic heterocycles. The van der Waals surface area contributed by atoms with Crippen molar-refractivity contribution in [3.05, 3.63) is 0 Å². The van der Waals surface area contributed by atoms with Crippen molar-refractivity contribution in [2.75, 3.05) is 13.2 Å². The Morgan fingerprint density at radius 2 is 1.86 bits per heavy atom. The molecule has 0 aromatic rings. The van der Waals surface area contributed by atoms with E-state index in [1.165, 1.54) is 0 Å². The fourth-order valence-corrected chi connectivity index (χ4v) is 1.35. The Balaban J connectivity index is 3.20. The van der Waals surface area contributed by atoms with Crippen molar-refractivity contribution in [1.29, 1.82) is 0 Å². The summed E-state index contributed by atoms with van der Waals surface area (Å²) in [4.78, 5) is 11.3. The standard InChI is InChI=1S/C12H24O2/c1-4-14-10-6-9-12(13)8-5-7-11(2)3/h11H,4-10H2,1-3H3. The second-order valence-corrected chi connectivity index (χ2v) is 4.13. The van der Waals surface area contributed by atoms with Crippen LogP contribution >= 0.6 is 0 Å². The van der Waals surface area contributed by atoms with E-state index in [1.807, 2.05) is 6.92 Å². The molecule has 0 bridgehead atoms. The zero-order valence-electron chi connectivity index (χ0n) is 9.84. The number of rotatable bonds is 9. The highest BCUT2D eigenvalue weighted by molar-refractivity contribution is 5.78. The van der Waals surface area contributed by atoms with Gasteiger partial charge in [-0.1, -0.05) is 20.3 Å². The highest BCUT2D eigenvalue weighted by Crippen LogP contribution is 2.08. The van der Waals surface area contributed by atoms with E-state index in [0.29, 0.717) is 18.1 Å². The smallest absolute Gasteiger partial charge is 0.132 e. The van der Waals surface area contributed by atoms with Crippen molar-refractivity contribution < 1.29 is 9.53 Å². The molecule has 0 aliphatic heterocycles. The van der Waals surface area contributed by atoms with Crippen LogP contribution in [-0.2, 0) is 9.53 Å². The summed E-state index contributed by atoms with van der Waals surface area (Å²) in [5.41, 5.74) is 0. The van der Waals surface area contributed by atoms with E-state index in [0.717, 1.165) is 38.9 Å². The van der Waals surface area contributed by atoms with Crippen molar-refractivity contribution in [3.63, 3.8) is 0 Å². The van der Waals surface area contributed by atoms with Gasteiger partial charge in [0.25, 0.3) is 0 Å². The maximum absolute atomic E-state index is 11.3. The molecule has 0 atom stereocenters. The molecule has 0 aromatic carbocycles. The minimum Gasteiger partial charge on any atom is -0.382 e. The number of ketones is 1. The summed E-state index contributed by atoms with van der Waals surface area (Å²) in [6.45, 7) is 7.84. The monoisotopic (exact) mass is 200 g/mol. The van der Waals surface area contributed by atoms with E-state index in [-0.39, 0.29) is 0 Å². The molecule has 0 heterocycles. The number of Topliss-reactive ketones (excluding diaryl/α,β-unsaturated/α-hetero) is 1. The highest BCUT2D eigenvalue weighted by atomic mass is 16.5. The van der Waals surface area contributed by atoms with Crippen LogP contribution in [0.5, 0.6) is 0 Å². The van der Waals surface area contributed by atoms with E-state index in [9.17, 15) is 4.79 Å². The molecule has 0 saturated heterocycles. The summed E-state index contributed by atoms with van der Waals surface area (Å²) in [7, 11) is 0. The number of carbonyl (C=O) groups excluding carboxylic acids is 1. The first-order valence-electron chi connectivity index (χ1n) is 5.76. The third-order valence-corrected chi connectivity index (χ3v) is 2.19. The number of ether oxygens (including phenoxy) is 1. The Labute approximate surface area is 88.0 Å². The van der Waals surface area contributed by atoms with Gasteiger partial charge in [0.2, 0.25) is 0 Å². The third kappa shape index (κ3) is 9.72. The Morgan fingerprint density at radius 1 is 1.21 bits per heavy atom. The Kier molecular flexibility index (Phi) is 8.95. The van der Waals surface area contributed by atoms with Crippen LogP contribution < -0.4 is 0 Å². The molecule has 0 aliphatic carbocycles. The van der Waals surface area contributed by atoms with Gasteiger partial charge in [0, 0.05) is 26.1 Å². The van der Waals surface area contributed by atoms with Gasteiger partial charge < -0.3 is 4.74 Å². The predicted octanol–water partition coefficient (Wildman–Crippen LogP) is 3.20. The van der Waals surface area contributed by atoms with Gasteiger partial charge in [-0.05, 0) is 25.7 Å². The van der Waals surface area contributed by atoms with Crippen LogP contribution in [0.15, 0.2) is 0 Å². The van der Waals surface area contributed by atoms with Crippen molar-refractivity contribution in [2.45, 2.75) is 52.9 Å². The van der Waals surface area contributed by atoms with Crippen molar-refractivity contribution in [2.24, 2.45) is 5.92 Å². The Bertz CT molecular complexity index is 141. The van der Waals surface area contributed by atoms with Crippen LogP contribution in [0, 0.1) is 5.92 Å². The molecule has 0 N–H and O–H groups in total. The van der Waals surface area contributed by atoms with Gasteiger partial charge in [0.05, 0.1) is 0 Å². The van der Waals surface area contributed by atoms with Crippen LogP contribution in [0.1, 0.15) is 52.9 Å². The lowest BCUT2D eigenvalue weighted by Crippen LogP contribution is -2.02. The van der Waals surface area contributed by atoms with Gasteiger partial charge in [0.15, 0.2) is 0 Å². The van der Waals surface area contributed by atoms with Crippen LogP contribution in [0.4, 0.5) is 0 Å². The lowest BCUT2D eigenvalue weighted by molar-refractivity contribution is -0.119. The van der Waals surface area contributed by atoms with Gasteiger partial charge in [-0.25, -0.2) is 0 Å². The van der Waals surface area contributed by atoms with Gasteiger partial charge >= 0.3 is 0 Å². The zero-order valence-corrected chi connectivity index (χ0v) is 9.84. The number of carbonyl (C=O) groups is 1. The summed E-state index contributed by atoms with van der Waals surface area (Å²) in [5, 5.41) is 0. The summed E-state index contributed by atoms with van der Waals surface area (Å²) < 4.78 is 5.17. The van der Waals surface area contributed by atoms with Gasteiger partial charge in [-0.15, -0.1) is 0 Å². The quantitative estimate of drug-likeness (QED) is 0.534. The van der Waals surface area contributed by atoms with E-state index < -0.39 is 0 Å².